The number of carbonyl (C=O) groups excluding carboxylic acids is 1. The van der Waals surface area contributed by atoms with E-state index < -0.39 is 18.6 Å². The second-order valence-corrected chi connectivity index (χ2v) is 3.54. The Morgan fingerprint density at radius 3 is 2.65 bits per heavy atom. The van der Waals surface area contributed by atoms with E-state index in [1.54, 1.807) is 6.92 Å². The van der Waals surface area contributed by atoms with Crippen LogP contribution in [-0.4, -0.2) is 46.8 Å². The number of nitrogens with two attached hydrogens (primary N) is 1. The molecule has 5 nitrogen and oxygen atoms in total. The quantitative estimate of drug-likeness (QED) is 0.825. The fourth-order valence-corrected chi connectivity index (χ4v) is 1.36. The van der Waals surface area contributed by atoms with Crippen molar-refractivity contribution < 1.29 is 18.0 Å². The summed E-state index contributed by atoms with van der Waals surface area (Å²) < 4.78 is 36.8. The molecule has 1 aromatic heterocycles. The average Bonchev–Trinajstić information content (AvgIpc) is 2.61. The number of hydrogen-bond donors (Lipinski definition) is 2. The van der Waals surface area contributed by atoms with Crippen molar-refractivity contribution in [2.45, 2.75) is 13.1 Å². The van der Waals surface area contributed by atoms with Crippen molar-refractivity contribution in [2.75, 3.05) is 19.6 Å². The first-order valence-corrected chi connectivity index (χ1v) is 4.91. The Kier molecular flexibility index (Phi) is 4.11. The molecule has 0 saturated carbocycles. The fraction of sp³-hybridized carbons (Fsp3) is 0.556. The summed E-state index contributed by atoms with van der Waals surface area (Å²) in [7, 11) is 0. The largest absolute Gasteiger partial charge is 0.406 e. The molecule has 0 aromatic carbocycles. The fourth-order valence-electron chi connectivity index (χ4n) is 1.36. The van der Waals surface area contributed by atoms with E-state index in [4.69, 9.17) is 5.73 Å². The molecule has 0 bridgehead atoms. The minimum atomic E-state index is -4.44. The van der Waals surface area contributed by atoms with Crippen LogP contribution in [0.25, 0.3) is 0 Å². The first kappa shape index (κ1) is 13.5. The maximum atomic E-state index is 12.3. The summed E-state index contributed by atoms with van der Waals surface area (Å²) in [4.78, 5) is 12.5. The molecule has 0 radical (unpaired) electrons. The normalized spacial score (nSPS) is 11.6. The van der Waals surface area contributed by atoms with Crippen molar-refractivity contribution in [1.82, 2.24) is 15.1 Å². The molecule has 0 saturated heterocycles. The van der Waals surface area contributed by atoms with Gasteiger partial charge in [0, 0.05) is 18.8 Å². The Morgan fingerprint density at radius 2 is 2.24 bits per heavy atom. The number of rotatable bonds is 4. The molecule has 1 rings (SSSR count). The Labute approximate surface area is 95.8 Å². The van der Waals surface area contributed by atoms with Crippen molar-refractivity contribution in [2.24, 2.45) is 5.73 Å². The second-order valence-electron chi connectivity index (χ2n) is 3.54. The first-order valence-electron chi connectivity index (χ1n) is 4.91. The summed E-state index contributed by atoms with van der Waals surface area (Å²) >= 11 is 0. The van der Waals surface area contributed by atoms with Crippen LogP contribution in [-0.2, 0) is 0 Å². The van der Waals surface area contributed by atoms with Crippen LogP contribution < -0.4 is 5.73 Å². The third kappa shape index (κ3) is 3.74. The number of carbonyl (C=O) groups is 1. The highest BCUT2D eigenvalue weighted by Crippen LogP contribution is 2.18. The molecular weight excluding hydrogens is 237 g/mol. The van der Waals surface area contributed by atoms with Crippen LogP contribution in [0.5, 0.6) is 0 Å². The minimum absolute atomic E-state index is 0.0290. The number of hydrogen-bond acceptors (Lipinski definition) is 3. The standard InChI is InChI=1S/C9H13F3N4O/c1-6-7(4-14-15-6)8(17)16(3-2-13)5-9(10,11)12/h4H,2-3,5,13H2,1H3,(H,14,15). The number of nitrogens with one attached hydrogen (secondary N) is 1. The van der Waals surface area contributed by atoms with Crippen molar-refractivity contribution in [3.05, 3.63) is 17.5 Å². The summed E-state index contributed by atoms with van der Waals surface area (Å²) in [6.45, 7) is 0.0732. The molecule has 8 heteroatoms. The van der Waals surface area contributed by atoms with Gasteiger partial charge in [0.05, 0.1) is 11.8 Å². The summed E-state index contributed by atoms with van der Waals surface area (Å²) in [5.74, 6) is -0.723. The van der Waals surface area contributed by atoms with Gasteiger partial charge in [-0.2, -0.15) is 18.3 Å². The Bertz CT molecular complexity index is 388. The highest BCUT2D eigenvalue weighted by Gasteiger charge is 2.33. The minimum Gasteiger partial charge on any atom is -0.329 e. The van der Waals surface area contributed by atoms with Crippen LogP contribution in [0, 0.1) is 6.92 Å². The summed E-state index contributed by atoms with van der Waals surface area (Å²) in [6.07, 6.45) is -3.24. The number of nitrogens with zero attached hydrogens (tertiary/aromatic N) is 2. The highest BCUT2D eigenvalue weighted by molar-refractivity contribution is 5.95. The number of amides is 1. The van der Waals surface area contributed by atoms with Gasteiger partial charge in [-0.25, -0.2) is 0 Å². The lowest BCUT2D eigenvalue weighted by Crippen LogP contribution is -2.41. The van der Waals surface area contributed by atoms with Gasteiger partial charge >= 0.3 is 6.18 Å². The Hall–Kier alpha value is -1.57. The Morgan fingerprint density at radius 1 is 1.59 bits per heavy atom. The number of alkyl halides is 3. The molecule has 0 atom stereocenters. The van der Waals surface area contributed by atoms with Crippen LogP contribution >= 0.6 is 0 Å². The van der Waals surface area contributed by atoms with Crippen LogP contribution in [0.15, 0.2) is 6.20 Å². The van der Waals surface area contributed by atoms with Gasteiger partial charge in [-0.05, 0) is 6.92 Å². The molecule has 3 N–H and O–H groups in total. The zero-order valence-electron chi connectivity index (χ0n) is 9.21. The third-order valence-electron chi connectivity index (χ3n) is 2.12. The van der Waals surface area contributed by atoms with Crippen LogP contribution in [0.2, 0.25) is 0 Å². The van der Waals surface area contributed by atoms with E-state index in [0.717, 1.165) is 0 Å². The molecule has 0 fully saturated rings. The van der Waals surface area contributed by atoms with Crippen LogP contribution in [0.3, 0.4) is 0 Å². The van der Waals surface area contributed by atoms with Gasteiger partial charge < -0.3 is 10.6 Å². The van der Waals surface area contributed by atoms with Crippen molar-refractivity contribution in [1.29, 1.82) is 0 Å². The molecule has 0 unspecified atom stereocenters. The van der Waals surface area contributed by atoms with Gasteiger partial charge in [0.15, 0.2) is 0 Å². The van der Waals surface area contributed by atoms with E-state index in [2.05, 4.69) is 10.2 Å². The van der Waals surface area contributed by atoms with Crippen molar-refractivity contribution in [3.8, 4) is 0 Å². The summed E-state index contributed by atoms with van der Waals surface area (Å²) in [6, 6.07) is 0. The molecule has 0 spiro atoms. The smallest absolute Gasteiger partial charge is 0.329 e. The van der Waals surface area contributed by atoms with E-state index in [1.807, 2.05) is 0 Å². The lowest BCUT2D eigenvalue weighted by atomic mass is 10.2. The zero-order chi connectivity index (χ0) is 13.1. The third-order valence-corrected chi connectivity index (χ3v) is 2.12. The van der Waals surface area contributed by atoms with E-state index in [0.29, 0.717) is 10.6 Å². The second kappa shape index (κ2) is 5.17. The van der Waals surface area contributed by atoms with Crippen molar-refractivity contribution in [3.63, 3.8) is 0 Å². The topological polar surface area (TPSA) is 75.0 Å². The number of halogens is 3. The maximum absolute atomic E-state index is 12.3. The highest BCUT2D eigenvalue weighted by atomic mass is 19.4. The predicted octanol–water partition coefficient (Wildman–Crippen LogP) is 0.681. The van der Waals surface area contributed by atoms with E-state index in [9.17, 15) is 18.0 Å². The molecule has 17 heavy (non-hydrogen) atoms. The van der Waals surface area contributed by atoms with E-state index in [1.165, 1.54) is 6.20 Å². The van der Waals surface area contributed by atoms with Crippen molar-refractivity contribution >= 4 is 5.91 Å². The number of H-pyrrole nitrogens is 1. The van der Waals surface area contributed by atoms with Gasteiger partial charge in [-0.3, -0.25) is 9.89 Å². The number of aryl methyl sites for hydroxylation is 1. The van der Waals surface area contributed by atoms with Gasteiger partial charge in [-0.1, -0.05) is 0 Å². The number of aromatic amines is 1. The number of aromatic nitrogens is 2. The van der Waals surface area contributed by atoms with Crippen LogP contribution in [0.1, 0.15) is 16.1 Å². The van der Waals surface area contributed by atoms with Gasteiger partial charge in [0.1, 0.15) is 6.54 Å². The molecule has 0 aliphatic heterocycles. The van der Waals surface area contributed by atoms with Crippen LogP contribution in [0.4, 0.5) is 13.2 Å². The van der Waals surface area contributed by atoms with E-state index in [-0.39, 0.29) is 18.7 Å². The first-order chi connectivity index (χ1) is 7.85. The molecule has 1 aromatic rings. The molecule has 0 aliphatic rings. The van der Waals surface area contributed by atoms with Gasteiger partial charge in [0.25, 0.3) is 5.91 Å². The lowest BCUT2D eigenvalue weighted by molar-refractivity contribution is -0.140. The monoisotopic (exact) mass is 250 g/mol. The van der Waals surface area contributed by atoms with Gasteiger partial charge in [-0.15, -0.1) is 0 Å². The molecule has 1 amide bonds. The SMILES string of the molecule is Cc1[nH]ncc1C(=O)N(CCN)CC(F)(F)F. The van der Waals surface area contributed by atoms with E-state index >= 15 is 0 Å². The Balaban J connectivity index is 2.84. The summed E-state index contributed by atoms with van der Waals surface area (Å²) in [5, 5.41) is 6.10. The molecule has 1 heterocycles. The maximum Gasteiger partial charge on any atom is 0.406 e. The van der Waals surface area contributed by atoms with Gasteiger partial charge in [0.2, 0.25) is 0 Å². The lowest BCUT2D eigenvalue weighted by Gasteiger charge is -2.23. The molecule has 96 valence electrons. The average molecular weight is 250 g/mol. The summed E-state index contributed by atoms with van der Waals surface area (Å²) in [5.41, 5.74) is 5.75. The predicted molar refractivity (Wildman–Crippen MR) is 54.3 cm³/mol. The molecule has 0 aliphatic carbocycles. The molecular formula is C9H13F3N4O. The zero-order valence-corrected chi connectivity index (χ0v) is 9.21.